The molecule has 0 spiro atoms. The molecule has 8 nitrogen and oxygen atoms in total. The van der Waals surface area contributed by atoms with Crippen LogP contribution >= 0.6 is 11.6 Å². The van der Waals surface area contributed by atoms with Gasteiger partial charge in [0.1, 0.15) is 6.33 Å². The summed E-state index contributed by atoms with van der Waals surface area (Å²) in [5.74, 6) is 0.180. The molecule has 0 radical (unpaired) electrons. The summed E-state index contributed by atoms with van der Waals surface area (Å²) >= 11 is 5.81. The predicted molar refractivity (Wildman–Crippen MR) is 78.9 cm³/mol. The Kier molecular flexibility index (Phi) is 7.88. The first-order chi connectivity index (χ1) is 10.1. The summed E-state index contributed by atoms with van der Waals surface area (Å²) in [6.45, 7) is 6.69. The number of rotatable bonds is 10. The highest BCUT2D eigenvalue weighted by atomic mass is 35.5. The van der Waals surface area contributed by atoms with E-state index in [4.69, 9.17) is 21.1 Å². The normalized spacial score (nSPS) is 10.6. The van der Waals surface area contributed by atoms with Crippen molar-refractivity contribution in [2.45, 2.75) is 13.8 Å². The summed E-state index contributed by atoms with van der Waals surface area (Å²) in [5.41, 5.74) is -0.299. The number of nitro groups is 1. The molecule has 0 aliphatic heterocycles. The molecule has 0 aliphatic carbocycles. The van der Waals surface area contributed by atoms with Crippen LogP contribution < -0.4 is 4.90 Å². The summed E-state index contributed by atoms with van der Waals surface area (Å²) < 4.78 is 10.6. The first-order valence-electron chi connectivity index (χ1n) is 6.67. The Hall–Kier alpha value is -1.51. The Balaban J connectivity index is 2.95. The highest BCUT2D eigenvalue weighted by Gasteiger charge is 2.25. The van der Waals surface area contributed by atoms with Crippen LogP contribution in [0.5, 0.6) is 0 Å². The van der Waals surface area contributed by atoms with E-state index in [1.165, 1.54) is 6.33 Å². The summed E-state index contributed by atoms with van der Waals surface area (Å²) in [7, 11) is 0. The Morgan fingerprint density at radius 2 is 1.81 bits per heavy atom. The van der Waals surface area contributed by atoms with Crippen LogP contribution in [0, 0.1) is 10.1 Å². The lowest BCUT2D eigenvalue weighted by Gasteiger charge is -2.23. The van der Waals surface area contributed by atoms with Crippen LogP contribution in [0.1, 0.15) is 13.8 Å². The molecule has 1 aromatic rings. The minimum absolute atomic E-state index is 0.178. The maximum Gasteiger partial charge on any atom is 0.348 e. The zero-order valence-electron chi connectivity index (χ0n) is 12.1. The highest BCUT2D eigenvalue weighted by Crippen LogP contribution is 2.30. The van der Waals surface area contributed by atoms with Gasteiger partial charge in [-0.1, -0.05) is 11.6 Å². The van der Waals surface area contributed by atoms with Gasteiger partial charge in [0.25, 0.3) is 0 Å². The molecule has 0 saturated carbocycles. The topological polar surface area (TPSA) is 90.6 Å². The maximum atomic E-state index is 11.2. The van der Waals surface area contributed by atoms with Gasteiger partial charge in [0, 0.05) is 26.3 Å². The van der Waals surface area contributed by atoms with Crippen LogP contribution in [-0.4, -0.2) is 54.4 Å². The van der Waals surface area contributed by atoms with Crippen molar-refractivity contribution in [3.05, 3.63) is 21.6 Å². The molecule has 0 atom stereocenters. The third-order valence-electron chi connectivity index (χ3n) is 2.66. The lowest BCUT2D eigenvalue weighted by molar-refractivity contribution is -0.384. The lowest BCUT2D eigenvalue weighted by Crippen LogP contribution is -2.32. The molecule has 0 aliphatic rings. The van der Waals surface area contributed by atoms with Crippen molar-refractivity contribution < 1.29 is 14.4 Å². The molecule has 0 amide bonds. The average molecular weight is 319 g/mol. The van der Waals surface area contributed by atoms with Crippen LogP contribution in [0.4, 0.5) is 11.5 Å². The number of nitrogens with zero attached hydrogens (tertiary/aromatic N) is 4. The minimum Gasteiger partial charge on any atom is -0.380 e. The number of ether oxygens (including phenoxy) is 2. The second-order valence-electron chi connectivity index (χ2n) is 3.97. The van der Waals surface area contributed by atoms with E-state index < -0.39 is 4.92 Å². The zero-order chi connectivity index (χ0) is 15.7. The fraction of sp³-hybridized carbons (Fsp3) is 0.667. The van der Waals surface area contributed by atoms with Gasteiger partial charge in [-0.05, 0) is 13.8 Å². The quantitative estimate of drug-likeness (QED) is 0.282. The summed E-state index contributed by atoms with van der Waals surface area (Å²) in [5, 5.41) is 11.0. The van der Waals surface area contributed by atoms with Crippen molar-refractivity contribution in [3.63, 3.8) is 0 Å². The van der Waals surface area contributed by atoms with Gasteiger partial charge in [0.05, 0.1) is 18.1 Å². The summed E-state index contributed by atoms with van der Waals surface area (Å²) in [6.07, 6.45) is 1.21. The molecule has 0 saturated heterocycles. The molecule has 0 N–H and O–H groups in total. The Morgan fingerprint density at radius 1 is 1.24 bits per heavy atom. The SMILES string of the molecule is CCOCCN(CCOCC)c1ncnc(Cl)c1[N+](=O)[O-]. The van der Waals surface area contributed by atoms with E-state index in [0.717, 1.165) is 0 Å². The predicted octanol–water partition coefficient (Wildman–Crippen LogP) is 1.92. The molecule has 1 aromatic heterocycles. The molecule has 118 valence electrons. The number of halogens is 1. The highest BCUT2D eigenvalue weighted by molar-refractivity contribution is 6.31. The largest absolute Gasteiger partial charge is 0.380 e. The monoisotopic (exact) mass is 318 g/mol. The van der Waals surface area contributed by atoms with Gasteiger partial charge in [-0.3, -0.25) is 10.1 Å². The molecule has 0 bridgehead atoms. The van der Waals surface area contributed by atoms with Gasteiger partial charge in [-0.2, -0.15) is 0 Å². The molecule has 0 unspecified atom stereocenters. The fourth-order valence-electron chi connectivity index (χ4n) is 1.70. The standard InChI is InChI=1S/C12H19ClN4O4/c1-3-20-7-5-16(6-8-21-4-2)12-10(17(18)19)11(13)14-9-15-12/h9H,3-8H2,1-2H3. The van der Waals surface area contributed by atoms with Crippen LogP contribution in [0.2, 0.25) is 5.15 Å². The van der Waals surface area contributed by atoms with E-state index in [1.54, 1.807) is 4.90 Å². The van der Waals surface area contributed by atoms with Gasteiger partial charge in [0.2, 0.25) is 11.0 Å². The van der Waals surface area contributed by atoms with E-state index in [2.05, 4.69) is 9.97 Å². The van der Waals surface area contributed by atoms with Crippen LogP contribution in [0.25, 0.3) is 0 Å². The molecular weight excluding hydrogens is 300 g/mol. The van der Waals surface area contributed by atoms with Gasteiger partial charge >= 0.3 is 5.69 Å². The Morgan fingerprint density at radius 3 is 2.29 bits per heavy atom. The molecular formula is C12H19ClN4O4. The van der Waals surface area contributed by atoms with Crippen molar-refractivity contribution in [3.8, 4) is 0 Å². The second kappa shape index (κ2) is 9.43. The number of hydrogen-bond acceptors (Lipinski definition) is 7. The Labute approximate surface area is 128 Å². The van der Waals surface area contributed by atoms with Gasteiger partial charge < -0.3 is 14.4 Å². The summed E-state index contributed by atoms with van der Waals surface area (Å²) in [6, 6.07) is 0. The first kappa shape index (κ1) is 17.5. The molecule has 1 heterocycles. The van der Waals surface area contributed by atoms with E-state index in [-0.39, 0.29) is 16.7 Å². The smallest absolute Gasteiger partial charge is 0.348 e. The molecule has 0 fully saturated rings. The van der Waals surface area contributed by atoms with E-state index in [0.29, 0.717) is 39.5 Å². The van der Waals surface area contributed by atoms with Crippen LogP contribution in [-0.2, 0) is 9.47 Å². The number of anilines is 1. The van der Waals surface area contributed by atoms with Crippen molar-refractivity contribution in [1.29, 1.82) is 0 Å². The zero-order valence-corrected chi connectivity index (χ0v) is 12.9. The minimum atomic E-state index is -0.577. The lowest BCUT2D eigenvalue weighted by atomic mass is 10.4. The van der Waals surface area contributed by atoms with E-state index in [1.807, 2.05) is 13.8 Å². The van der Waals surface area contributed by atoms with Crippen molar-refractivity contribution in [2.24, 2.45) is 0 Å². The van der Waals surface area contributed by atoms with Crippen LogP contribution in [0.3, 0.4) is 0 Å². The number of aromatic nitrogens is 2. The van der Waals surface area contributed by atoms with Crippen molar-refractivity contribution in [1.82, 2.24) is 9.97 Å². The number of hydrogen-bond donors (Lipinski definition) is 0. The third kappa shape index (κ3) is 5.41. The van der Waals surface area contributed by atoms with Crippen LogP contribution in [0.15, 0.2) is 6.33 Å². The molecule has 9 heteroatoms. The third-order valence-corrected chi connectivity index (χ3v) is 2.94. The molecule has 1 rings (SSSR count). The second-order valence-corrected chi connectivity index (χ2v) is 4.33. The van der Waals surface area contributed by atoms with Gasteiger partial charge in [0.15, 0.2) is 0 Å². The molecule has 0 aromatic carbocycles. The van der Waals surface area contributed by atoms with Crippen molar-refractivity contribution in [2.75, 3.05) is 44.4 Å². The fourth-order valence-corrected chi connectivity index (χ4v) is 1.90. The van der Waals surface area contributed by atoms with Gasteiger partial charge in [-0.25, -0.2) is 9.97 Å². The van der Waals surface area contributed by atoms with E-state index in [9.17, 15) is 10.1 Å². The van der Waals surface area contributed by atoms with Gasteiger partial charge in [-0.15, -0.1) is 0 Å². The van der Waals surface area contributed by atoms with Crippen molar-refractivity contribution >= 4 is 23.1 Å². The summed E-state index contributed by atoms with van der Waals surface area (Å²) in [4.78, 5) is 20.0. The Bertz CT molecular complexity index is 451. The molecule has 21 heavy (non-hydrogen) atoms. The van der Waals surface area contributed by atoms with E-state index >= 15 is 0 Å². The maximum absolute atomic E-state index is 11.2. The first-order valence-corrected chi connectivity index (χ1v) is 7.04. The average Bonchev–Trinajstić information content (AvgIpc) is 2.45.